The molecule has 0 saturated heterocycles. The van der Waals surface area contributed by atoms with Crippen molar-refractivity contribution in [2.75, 3.05) is 5.32 Å². The summed E-state index contributed by atoms with van der Waals surface area (Å²) in [4.78, 5) is 12.5. The van der Waals surface area contributed by atoms with E-state index in [0.29, 0.717) is 11.4 Å². The average Bonchev–Trinajstić information content (AvgIpc) is 3.01. The highest BCUT2D eigenvalue weighted by Crippen LogP contribution is 2.27. The number of aromatic nitrogens is 2. The van der Waals surface area contributed by atoms with E-state index in [1.807, 2.05) is 0 Å². The van der Waals surface area contributed by atoms with E-state index in [1.165, 1.54) is 47.3 Å². The number of halogens is 3. The monoisotopic (exact) mass is 377 g/mol. The smallest absolute Gasteiger partial charge is 0.259 e. The third-order valence-corrected chi connectivity index (χ3v) is 4.22. The largest absolute Gasteiger partial charge is 0.392 e. The van der Waals surface area contributed by atoms with Crippen molar-refractivity contribution in [3.05, 3.63) is 76.1 Å². The third kappa shape index (κ3) is 3.44. The summed E-state index contributed by atoms with van der Waals surface area (Å²) in [7, 11) is 0. The Morgan fingerprint density at radius 3 is 2.58 bits per heavy atom. The van der Waals surface area contributed by atoms with Gasteiger partial charge in [0.1, 0.15) is 5.82 Å². The van der Waals surface area contributed by atoms with Crippen molar-refractivity contribution in [2.24, 2.45) is 0 Å². The van der Waals surface area contributed by atoms with Crippen LogP contribution in [0.1, 0.15) is 21.6 Å². The molecule has 8 heteroatoms. The first-order valence-electron chi connectivity index (χ1n) is 7.62. The minimum atomic E-state index is -0.824. The Kier molecular flexibility index (Phi) is 5.01. The van der Waals surface area contributed by atoms with E-state index in [9.17, 15) is 13.6 Å². The number of amides is 1. The lowest BCUT2D eigenvalue weighted by molar-refractivity contribution is 0.102. The second kappa shape index (κ2) is 7.23. The van der Waals surface area contributed by atoms with E-state index >= 15 is 0 Å². The van der Waals surface area contributed by atoms with Gasteiger partial charge in [0.05, 0.1) is 34.3 Å². The molecule has 0 bridgehead atoms. The lowest BCUT2D eigenvalue weighted by atomic mass is 10.2. The SMILES string of the molecule is Cc1nn(-c2ccc(F)cc2)cc1C(=O)Nc1ccc(CO)c(Cl)c1F. The number of anilines is 1. The van der Waals surface area contributed by atoms with Gasteiger partial charge >= 0.3 is 0 Å². The molecule has 5 nitrogen and oxygen atoms in total. The third-order valence-electron chi connectivity index (χ3n) is 3.82. The molecule has 1 heterocycles. The second-order valence-corrected chi connectivity index (χ2v) is 5.94. The molecule has 0 fully saturated rings. The van der Waals surface area contributed by atoms with Crippen LogP contribution in [-0.4, -0.2) is 20.8 Å². The predicted molar refractivity (Wildman–Crippen MR) is 93.5 cm³/mol. The van der Waals surface area contributed by atoms with Crippen molar-refractivity contribution in [3.8, 4) is 5.69 Å². The topological polar surface area (TPSA) is 67.2 Å². The molecule has 0 unspecified atom stereocenters. The summed E-state index contributed by atoms with van der Waals surface area (Å²) in [6.45, 7) is 1.22. The molecule has 0 spiro atoms. The van der Waals surface area contributed by atoms with Crippen LogP contribution in [0.4, 0.5) is 14.5 Å². The predicted octanol–water partition coefficient (Wildman–Crippen LogP) is 3.86. The number of aliphatic hydroxyl groups is 1. The van der Waals surface area contributed by atoms with E-state index in [1.54, 1.807) is 6.92 Å². The van der Waals surface area contributed by atoms with E-state index in [4.69, 9.17) is 16.7 Å². The Bertz CT molecular complexity index is 971. The zero-order chi connectivity index (χ0) is 18.8. The summed E-state index contributed by atoms with van der Waals surface area (Å²) in [6, 6.07) is 8.37. The number of nitrogens with one attached hydrogen (secondary N) is 1. The number of aryl methyl sites for hydroxylation is 1. The number of nitrogens with zero attached hydrogens (tertiary/aromatic N) is 2. The molecule has 1 aromatic heterocycles. The fraction of sp³-hybridized carbons (Fsp3) is 0.111. The Morgan fingerprint density at radius 1 is 1.23 bits per heavy atom. The number of aliphatic hydroxyl groups excluding tert-OH is 1. The van der Waals surface area contributed by atoms with Crippen LogP contribution in [0.2, 0.25) is 5.02 Å². The lowest BCUT2D eigenvalue weighted by Gasteiger charge is -2.09. The van der Waals surface area contributed by atoms with E-state index < -0.39 is 18.3 Å². The highest BCUT2D eigenvalue weighted by atomic mass is 35.5. The molecule has 0 aliphatic carbocycles. The van der Waals surface area contributed by atoms with Crippen molar-refractivity contribution in [1.82, 2.24) is 9.78 Å². The highest BCUT2D eigenvalue weighted by Gasteiger charge is 2.18. The first-order chi connectivity index (χ1) is 12.4. The van der Waals surface area contributed by atoms with Crippen LogP contribution in [0.15, 0.2) is 42.6 Å². The van der Waals surface area contributed by atoms with Crippen LogP contribution in [-0.2, 0) is 6.61 Å². The molecule has 3 rings (SSSR count). The van der Waals surface area contributed by atoms with Gasteiger partial charge in [0.25, 0.3) is 5.91 Å². The number of carbonyl (C=O) groups is 1. The first kappa shape index (κ1) is 18.0. The number of rotatable bonds is 4. The van der Waals surface area contributed by atoms with E-state index in [-0.39, 0.29) is 27.7 Å². The van der Waals surface area contributed by atoms with Crippen LogP contribution in [0.5, 0.6) is 0 Å². The van der Waals surface area contributed by atoms with Crippen molar-refractivity contribution in [3.63, 3.8) is 0 Å². The summed E-state index contributed by atoms with van der Waals surface area (Å²) in [5, 5.41) is 15.5. The minimum absolute atomic E-state index is 0.105. The van der Waals surface area contributed by atoms with Gasteiger partial charge in [0.2, 0.25) is 0 Å². The van der Waals surface area contributed by atoms with Crippen molar-refractivity contribution in [2.45, 2.75) is 13.5 Å². The standard InChI is InChI=1S/C18H14ClF2N3O2/c1-10-14(8-24(23-10)13-5-3-12(20)4-6-13)18(26)22-15-7-2-11(9-25)16(19)17(15)21/h2-8,25H,9H2,1H3,(H,22,26). The maximum atomic E-state index is 14.2. The van der Waals surface area contributed by atoms with E-state index in [2.05, 4.69) is 10.4 Å². The zero-order valence-corrected chi connectivity index (χ0v) is 14.4. The molecule has 3 aromatic rings. The molecule has 0 aliphatic heterocycles. The molecule has 0 saturated carbocycles. The van der Waals surface area contributed by atoms with Crippen molar-refractivity contribution >= 4 is 23.2 Å². The van der Waals surface area contributed by atoms with Crippen molar-refractivity contribution in [1.29, 1.82) is 0 Å². The van der Waals surface area contributed by atoms with E-state index in [0.717, 1.165) is 0 Å². The van der Waals surface area contributed by atoms with Crippen LogP contribution in [0, 0.1) is 18.6 Å². The van der Waals surface area contributed by atoms with Gasteiger partial charge in [-0.1, -0.05) is 17.7 Å². The Morgan fingerprint density at radius 2 is 1.92 bits per heavy atom. The molecular formula is C18H14ClF2N3O2. The molecule has 0 atom stereocenters. The van der Waals surface area contributed by atoms with Gasteiger partial charge in [-0.05, 0) is 42.8 Å². The van der Waals surface area contributed by atoms with Gasteiger partial charge < -0.3 is 10.4 Å². The van der Waals surface area contributed by atoms with Crippen LogP contribution < -0.4 is 5.32 Å². The average molecular weight is 378 g/mol. The van der Waals surface area contributed by atoms with Gasteiger partial charge in [0, 0.05) is 6.20 Å². The number of hydrogen-bond donors (Lipinski definition) is 2. The Hall–Kier alpha value is -2.77. The summed E-state index contributed by atoms with van der Waals surface area (Å²) < 4.78 is 28.7. The number of carbonyl (C=O) groups excluding carboxylic acids is 1. The quantitative estimate of drug-likeness (QED) is 0.725. The van der Waals surface area contributed by atoms with Crippen LogP contribution in [0.25, 0.3) is 5.69 Å². The molecule has 0 radical (unpaired) electrons. The maximum Gasteiger partial charge on any atom is 0.259 e. The molecule has 0 aliphatic rings. The zero-order valence-electron chi connectivity index (χ0n) is 13.6. The van der Waals surface area contributed by atoms with Crippen LogP contribution >= 0.6 is 11.6 Å². The summed E-state index contributed by atoms with van der Waals surface area (Å²) >= 11 is 5.82. The lowest BCUT2D eigenvalue weighted by Crippen LogP contribution is -2.14. The Balaban J connectivity index is 1.87. The summed E-state index contributed by atoms with van der Waals surface area (Å²) in [6.07, 6.45) is 1.47. The number of hydrogen-bond acceptors (Lipinski definition) is 3. The molecule has 26 heavy (non-hydrogen) atoms. The van der Waals surface area contributed by atoms with Gasteiger partial charge in [-0.15, -0.1) is 0 Å². The van der Waals surface area contributed by atoms with Gasteiger partial charge in [0.15, 0.2) is 5.82 Å². The van der Waals surface area contributed by atoms with Gasteiger partial charge in [-0.25, -0.2) is 13.5 Å². The number of benzene rings is 2. The molecule has 2 N–H and O–H groups in total. The van der Waals surface area contributed by atoms with Crippen molar-refractivity contribution < 1.29 is 18.7 Å². The molecule has 134 valence electrons. The fourth-order valence-electron chi connectivity index (χ4n) is 2.41. The Labute approximate surface area is 152 Å². The molecular weight excluding hydrogens is 364 g/mol. The second-order valence-electron chi connectivity index (χ2n) is 5.56. The first-order valence-corrected chi connectivity index (χ1v) is 7.99. The summed E-state index contributed by atoms with van der Waals surface area (Å²) in [5.41, 5.74) is 1.35. The van der Waals surface area contributed by atoms with Gasteiger partial charge in [-0.2, -0.15) is 5.10 Å². The minimum Gasteiger partial charge on any atom is -0.392 e. The fourth-order valence-corrected chi connectivity index (χ4v) is 2.63. The van der Waals surface area contributed by atoms with Gasteiger partial charge in [-0.3, -0.25) is 4.79 Å². The molecule has 1 amide bonds. The summed E-state index contributed by atoms with van der Waals surface area (Å²) in [5.74, 6) is -1.77. The highest BCUT2D eigenvalue weighted by molar-refractivity contribution is 6.32. The normalized spacial score (nSPS) is 10.8. The van der Waals surface area contributed by atoms with Crippen LogP contribution in [0.3, 0.4) is 0 Å². The molecule has 2 aromatic carbocycles. The maximum absolute atomic E-state index is 14.2.